The monoisotopic (exact) mass is 370 g/mol. The number of allylic oxidation sites excluding steroid dienone is 2. The number of ketones is 1. The zero-order chi connectivity index (χ0) is 19.6. The molecule has 3 aliphatic rings. The van der Waals surface area contributed by atoms with Crippen LogP contribution in [0, 0.1) is 16.7 Å². The lowest BCUT2D eigenvalue weighted by Crippen LogP contribution is -2.51. The third-order valence-electron chi connectivity index (χ3n) is 7.20. The van der Waals surface area contributed by atoms with Crippen molar-refractivity contribution < 1.29 is 23.7 Å². The second-order valence-electron chi connectivity index (χ2n) is 7.81. The summed E-state index contributed by atoms with van der Waals surface area (Å²) < 4.78 is 22.5. The molecule has 0 N–H and O–H groups in total. The Balaban J connectivity index is 1.90. The van der Waals surface area contributed by atoms with Gasteiger partial charge >= 0.3 is 0 Å². The minimum Gasteiger partial charge on any atom is -0.498 e. The van der Waals surface area contributed by atoms with Crippen molar-refractivity contribution in [3.8, 4) is 11.5 Å². The molecule has 5 heteroatoms. The van der Waals surface area contributed by atoms with E-state index in [1.807, 2.05) is 24.3 Å². The second-order valence-corrected chi connectivity index (χ2v) is 7.81. The summed E-state index contributed by atoms with van der Waals surface area (Å²) >= 11 is 0. The fraction of sp³-hybridized carbons (Fsp3) is 0.500. The largest absolute Gasteiger partial charge is 0.498 e. The maximum absolute atomic E-state index is 13.3. The van der Waals surface area contributed by atoms with E-state index in [2.05, 4.69) is 13.5 Å². The van der Waals surface area contributed by atoms with E-state index < -0.39 is 11.0 Å². The van der Waals surface area contributed by atoms with Gasteiger partial charge in [0.15, 0.2) is 17.3 Å². The Morgan fingerprint density at radius 1 is 1.11 bits per heavy atom. The van der Waals surface area contributed by atoms with E-state index in [9.17, 15) is 4.79 Å². The Hall–Kier alpha value is -2.27. The summed E-state index contributed by atoms with van der Waals surface area (Å²) in [6.07, 6.45) is 4.08. The van der Waals surface area contributed by atoms with Crippen LogP contribution in [-0.4, -0.2) is 39.8 Å². The van der Waals surface area contributed by atoms with Gasteiger partial charge in [0.1, 0.15) is 11.4 Å². The van der Waals surface area contributed by atoms with Crippen LogP contribution in [0.3, 0.4) is 0 Å². The van der Waals surface area contributed by atoms with Gasteiger partial charge in [-0.3, -0.25) is 4.79 Å². The van der Waals surface area contributed by atoms with Crippen molar-refractivity contribution in [1.82, 2.24) is 0 Å². The lowest BCUT2D eigenvalue weighted by atomic mass is 9.49. The molecule has 0 amide bonds. The van der Waals surface area contributed by atoms with E-state index in [1.165, 1.54) is 0 Å². The molecule has 0 radical (unpaired) electrons. The number of carbonyl (C=O) groups is 1. The van der Waals surface area contributed by atoms with Gasteiger partial charge in [-0.1, -0.05) is 19.1 Å². The fourth-order valence-corrected chi connectivity index (χ4v) is 6.44. The highest BCUT2D eigenvalue weighted by Gasteiger charge is 2.97. The van der Waals surface area contributed by atoms with Crippen LogP contribution in [0.1, 0.15) is 24.8 Å². The molecule has 144 valence electrons. The van der Waals surface area contributed by atoms with Crippen molar-refractivity contribution in [1.29, 1.82) is 0 Å². The number of benzene rings is 1. The number of carbonyl (C=O) groups excluding carboxylic acids is 1. The molecule has 0 aromatic heterocycles. The van der Waals surface area contributed by atoms with Crippen molar-refractivity contribution in [3.05, 3.63) is 48.3 Å². The highest BCUT2D eigenvalue weighted by molar-refractivity contribution is 6.02. The topological polar surface area (TPSA) is 54.0 Å². The highest BCUT2D eigenvalue weighted by Crippen LogP contribution is 2.92. The lowest BCUT2D eigenvalue weighted by Gasteiger charge is -2.51. The molecule has 4 rings (SSSR count). The molecule has 0 saturated heterocycles. The molecule has 3 aliphatic carbocycles. The average Bonchev–Trinajstić information content (AvgIpc) is 3.20. The molecule has 2 saturated carbocycles. The summed E-state index contributed by atoms with van der Waals surface area (Å²) in [4.78, 5) is 13.3. The molecule has 0 spiro atoms. The standard InChI is InChI=1S/C22H26O5/c1-7-10-21-16(23)12-17(26-5)22(27-6)19(21)20(22,2)18(21)13-8-9-14(24-3)15(11-13)25-4/h7-9,11-12,18-19H,1,10H2,2-6H3/t18-,19-,20-,21+,22-/m1/s1. The predicted octanol–water partition coefficient (Wildman–Crippen LogP) is 3.50. The molecular formula is C22H26O5. The number of rotatable bonds is 7. The average molecular weight is 370 g/mol. The van der Waals surface area contributed by atoms with E-state index >= 15 is 0 Å². The van der Waals surface area contributed by atoms with Crippen LogP contribution in [0.2, 0.25) is 0 Å². The minimum atomic E-state index is -0.573. The number of ether oxygens (including phenoxy) is 4. The first kappa shape index (κ1) is 18.1. The van der Waals surface area contributed by atoms with E-state index in [4.69, 9.17) is 18.9 Å². The maximum atomic E-state index is 13.3. The Bertz CT molecular complexity index is 858. The summed E-state index contributed by atoms with van der Waals surface area (Å²) in [5, 5.41) is 0. The van der Waals surface area contributed by atoms with Crippen LogP contribution in [0.25, 0.3) is 0 Å². The van der Waals surface area contributed by atoms with E-state index in [1.54, 1.807) is 34.5 Å². The third-order valence-corrected chi connectivity index (χ3v) is 7.20. The third kappa shape index (κ3) is 1.72. The van der Waals surface area contributed by atoms with Crippen molar-refractivity contribution in [2.45, 2.75) is 24.9 Å². The Morgan fingerprint density at radius 3 is 2.37 bits per heavy atom. The molecular weight excluding hydrogens is 344 g/mol. The zero-order valence-electron chi connectivity index (χ0n) is 16.5. The predicted molar refractivity (Wildman–Crippen MR) is 101 cm³/mol. The Labute approximate surface area is 159 Å². The molecule has 27 heavy (non-hydrogen) atoms. The lowest BCUT2D eigenvalue weighted by molar-refractivity contribution is -0.135. The second kappa shape index (κ2) is 5.61. The molecule has 0 aliphatic heterocycles. The van der Waals surface area contributed by atoms with E-state index in [-0.39, 0.29) is 23.0 Å². The summed E-state index contributed by atoms with van der Waals surface area (Å²) in [5.74, 6) is 2.10. The zero-order valence-corrected chi connectivity index (χ0v) is 16.5. The molecule has 2 fully saturated rings. The first-order valence-corrected chi connectivity index (χ1v) is 9.12. The van der Waals surface area contributed by atoms with Gasteiger partial charge in [-0.25, -0.2) is 0 Å². The van der Waals surface area contributed by atoms with Crippen LogP contribution < -0.4 is 9.47 Å². The van der Waals surface area contributed by atoms with E-state index in [0.717, 1.165) is 5.56 Å². The molecule has 0 bridgehead atoms. The number of fused-ring (bicyclic) bond motifs is 1. The van der Waals surface area contributed by atoms with Gasteiger partial charge in [0.05, 0.1) is 26.7 Å². The van der Waals surface area contributed by atoms with Gasteiger partial charge < -0.3 is 18.9 Å². The smallest absolute Gasteiger partial charge is 0.166 e. The molecule has 1 aromatic rings. The summed E-state index contributed by atoms with van der Waals surface area (Å²) in [5.41, 5.74) is -0.311. The first-order valence-electron chi connectivity index (χ1n) is 9.12. The van der Waals surface area contributed by atoms with Crippen LogP contribution in [0.15, 0.2) is 42.7 Å². The Kier molecular flexibility index (Phi) is 3.77. The minimum absolute atomic E-state index is 0.0239. The molecule has 0 unspecified atom stereocenters. The van der Waals surface area contributed by atoms with Crippen LogP contribution in [-0.2, 0) is 14.3 Å². The number of hydrogen-bond donors (Lipinski definition) is 0. The van der Waals surface area contributed by atoms with Gasteiger partial charge in [0, 0.05) is 30.4 Å². The van der Waals surface area contributed by atoms with Crippen molar-refractivity contribution in [2.75, 3.05) is 28.4 Å². The molecule has 5 atom stereocenters. The van der Waals surface area contributed by atoms with Crippen molar-refractivity contribution in [2.24, 2.45) is 16.7 Å². The van der Waals surface area contributed by atoms with Crippen molar-refractivity contribution >= 4 is 5.78 Å². The molecule has 0 heterocycles. The fourth-order valence-electron chi connectivity index (χ4n) is 6.44. The molecule has 5 nitrogen and oxygen atoms in total. The normalized spacial score (nSPS) is 38.3. The van der Waals surface area contributed by atoms with Crippen LogP contribution in [0.4, 0.5) is 0 Å². The van der Waals surface area contributed by atoms with Crippen LogP contribution in [0.5, 0.6) is 11.5 Å². The Morgan fingerprint density at radius 2 is 1.81 bits per heavy atom. The van der Waals surface area contributed by atoms with Crippen LogP contribution >= 0.6 is 0 Å². The van der Waals surface area contributed by atoms with Gasteiger partial charge in [0.25, 0.3) is 0 Å². The van der Waals surface area contributed by atoms with Gasteiger partial charge in [-0.05, 0) is 24.1 Å². The van der Waals surface area contributed by atoms with Gasteiger partial charge in [-0.15, -0.1) is 6.58 Å². The maximum Gasteiger partial charge on any atom is 0.166 e. The van der Waals surface area contributed by atoms with E-state index in [0.29, 0.717) is 23.7 Å². The summed E-state index contributed by atoms with van der Waals surface area (Å²) in [6, 6.07) is 5.90. The molecule has 1 aromatic carbocycles. The highest BCUT2D eigenvalue weighted by atomic mass is 16.5. The first-order chi connectivity index (χ1) is 12.9. The summed E-state index contributed by atoms with van der Waals surface area (Å²) in [6.45, 7) is 6.11. The SMILES string of the molecule is C=CC[C@@]12C(=O)C=C(OC)[C@@]3(OC)[C@@H]1[C@@]3(C)[C@H]2c1ccc(OC)c(OC)c1. The number of methoxy groups -OCH3 is 4. The number of hydrogen-bond acceptors (Lipinski definition) is 5. The van der Waals surface area contributed by atoms with Gasteiger partial charge in [-0.2, -0.15) is 0 Å². The van der Waals surface area contributed by atoms with Crippen molar-refractivity contribution in [3.63, 3.8) is 0 Å². The summed E-state index contributed by atoms with van der Waals surface area (Å²) in [7, 11) is 6.54. The quantitative estimate of drug-likeness (QED) is 0.688. The van der Waals surface area contributed by atoms with Gasteiger partial charge in [0.2, 0.25) is 0 Å².